The molecule has 2 heteroatoms. The van der Waals surface area contributed by atoms with Crippen LogP contribution in [0.3, 0.4) is 0 Å². The first kappa shape index (κ1) is 21.2. The molecule has 0 bridgehead atoms. The van der Waals surface area contributed by atoms with E-state index < -0.39 is 0 Å². The van der Waals surface area contributed by atoms with Crippen LogP contribution in [0.15, 0.2) is 110 Å². The highest BCUT2D eigenvalue weighted by molar-refractivity contribution is 5.93. The first-order valence-corrected chi connectivity index (χ1v) is 10.5. The van der Waals surface area contributed by atoms with Crippen molar-refractivity contribution in [3.63, 3.8) is 0 Å². The minimum Gasteiger partial charge on any atom is -0.497 e. The van der Waals surface area contributed by atoms with Crippen molar-refractivity contribution < 1.29 is 9.47 Å². The summed E-state index contributed by atoms with van der Waals surface area (Å²) < 4.78 is 10.6. The zero-order valence-electron chi connectivity index (χ0n) is 18.5. The van der Waals surface area contributed by atoms with Crippen LogP contribution in [0.2, 0.25) is 0 Å². The van der Waals surface area contributed by atoms with Gasteiger partial charge in [0.2, 0.25) is 0 Å². The smallest absolute Gasteiger partial charge is 0.118 e. The van der Waals surface area contributed by atoms with Crippen molar-refractivity contribution in [2.24, 2.45) is 0 Å². The van der Waals surface area contributed by atoms with Gasteiger partial charge in [-0.2, -0.15) is 0 Å². The summed E-state index contributed by atoms with van der Waals surface area (Å²) in [6.07, 6.45) is 0. The summed E-state index contributed by atoms with van der Waals surface area (Å²) in [4.78, 5) is 0. The highest BCUT2D eigenvalue weighted by Crippen LogP contribution is 2.37. The molecule has 0 aromatic heterocycles. The third-order valence-electron chi connectivity index (χ3n) is 5.67. The van der Waals surface area contributed by atoms with E-state index in [0.29, 0.717) is 0 Å². The summed E-state index contributed by atoms with van der Waals surface area (Å²) in [7, 11) is 3.34. The molecule has 4 rings (SSSR count). The van der Waals surface area contributed by atoms with Gasteiger partial charge in [0.15, 0.2) is 0 Å². The molecule has 0 radical (unpaired) electrons. The molecule has 0 aliphatic carbocycles. The number of benzene rings is 4. The van der Waals surface area contributed by atoms with Crippen LogP contribution in [-0.4, -0.2) is 14.2 Å². The third-order valence-corrected chi connectivity index (χ3v) is 5.67. The number of methoxy groups -OCH3 is 2. The number of rotatable bonds is 7. The first-order chi connectivity index (χ1) is 15.6. The quantitative estimate of drug-likeness (QED) is 0.309. The fraction of sp³-hybridized carbons (Fsp3) is 0.0667. The molecule has 32 heavy (non-hydrogen) atoms. The Morgan fingerprint density at radius 1 is 0.500 bits per heavy atom. The summed E-state index contributed by atoms with van der Waals surface area (Å²) in [5.74, 6) is 1.66. The maximum absolute atomic E-state index is 5.30. The molecular formula is C30H26O2. The molecule has 0 heterocycles. The molecule has 2 nitrogen and oxygen atoms in total. The van der Waals surface area contributed by atoms with Gasteiger partial charge in [-0.25, -0.2) is 0 Å². The van der Waals surface area contributed by atoms with Crippen LogP contribution >= 0.6 is 0 Å². The summed E-state index contributed by atoms with van der Waals surface area (Å²) in [6.45, 7) is 8.82. The Morgan fingerprint density at radius 3 is 1.19 bits per heavy atom. The van der Waals surface area contributed by atoms with Gasteiger partial charge in [-0.3, -0.25) is 0 Å². The fourth-order valence-electron chi connectivity index (χ4n) is 3.86. The highest BCUT2D eigenvalue weighted by atomic mass is 16.5. The van der Waals surface area contributed by atoms with Gasteiger partial charge in [0, 0.05) is 0 Å². The minimum atomic E-state index is 0.830. The molecule has 0 saturated heterocycles. The molecule has 0 fully saturated rings. The monoisotopic (exact) mass is 418 g/mol. The molecule has 4 aromatic carbocycles. The zero-order valence-corrected chi connectivity index (χ0v) is 18.5. The first-order valence-electron chi connectivity index (χ1n) is 10.5. The van der Waals surface area contributed by atoms with E-state index in [1.807, 2.05) is 48.5 Å². The van der Waals surface area contributed by atoms with Crippen LogP contribution in [0.4, 0.5) is 0 Å². The maximum Gasteiger partial charge on any atom is 0.118 e. The fourth-order valence-corrected chi connectivity index (χ4v) is 3.86. The van der Waals surface area contributed by atoms with Crippen molar-refractivity contribution in [3.05, 3.63) is 132 Å². The van der Waals surface area contributed by atoms with Gasteiger partial charge in [-0.15, -0.1) is 0 Å². The predicted molar refractivity (Wildman–Crippen MR) is 134 cm³/mol. The summed E-state index contributed by atoms with van der Waals surface area (Å²) in [5, 5.41) is 0. The SMILES string of the molecule is C=C(c1ccc(OC)cc1)c1ccccc1-c1ccccc1C(=C)c1ccc(OC)cc1. The van der Waals surface area contributed by atoms with Gasteiger partial charge >= 0.3 is 0 Å². The molecule has 158 valence electrons. The molecule has 0 aliphatic rings. The van der Waals surface area contributed by atoms with E-state index in [9.17, 15) is 0 Å². The van der Waals surface area contributed by atoms with E-state index in [0.717, 1.165) is 56.0 Å². The van der Waals surface area contributed by atoms with Crippen LogP contribution in [0.25, 0.3) is 22.3 Å². The number of hydrogen-bond acceptors (Lipinski definition) is 2. The Hall–Kier alpha value is -4.04. The topological polar surface area (TPSA) is 18.5 Å². The summed E-state index contributed by atoms with van der Waals surface area (Å²) in [5.41, 5.74) is 8.48. The van der Waals surface area contributed by atoms with Crippen LogP contribution in [0, 0.1) is 0 Å². The van der Waals surface area contributed by atoms with E-state index >= 15 is 0 Å². The third kappa shape index (κ3) is 4.21. The molecule has 0 unspecified atom stereocenters. The number of hydrogen-bond donors (Lipinski definition) is 0. The van der Waals surface area contributed by atoms with E-state index in [-0.39, 0.29) is 0 Å². The molecule has 0 amide bonds. The van der Waals surface area contributed by atoms with Gasteiger partial charge in [0.1, 0.15) is 11.5 Å². The molecule has 4 aromatic rings. The lowest BCUT2D eigenvalue weighted by atomic mass is 9.86. The summed E-state index contributed by atoms with van der Waals surface area (Å²) >= 11 is 0. The van der Waals surface area contributed by atoms with Gasteiger partial charge < -0.3 is 9.47 Å². The van der Waals surface area contributed by atoms with E-state index in [4.69, 9.17) is 9.47 Å². The van der Waals surface area contributed by atoms with Crippen molar-refractivity contribution in [3.8, 4) is 22.6 Å². The van der Waals surface area contributed by atoms with Crippen LogP contribution in [0.5, 0.6) is 11.5 Å². The Morgan fingerprint density at radius 2 is 0.844 bits per heavy atom. The second kappa shape index (κ2) is 9.40. The Kier molecular flexibility index (Phi) is 6.23. The van der Waals surface area contributed by atoms with Crippen molar-refractivity contribution in [1.29, 1.82) is 0 Å². The lowest BCUT2D eigenvalue weighted by Crippen LogP contribution is -1.95. The molecule has 0 atom stereocenters. The second-order valence-electron chi connectivity index (χ2n) is 7.51. The minimum absolute atomic E-state index is 0.830. The lowest BCUT2D eigenvalue weighted by Gasteiger charge is -2.17. The van der Waals surface area contributed by atoms with E-state index in [1.54, 1.807) is 14.2 Å². The van der Waals surface area contributed by atoms with Gasteiger partial charge in [0.25, 0.3) is 0 Å². The Bertz CT molecular complexity index is 1150. The Labute approximate surface area is 190 Å². The standard InChI is InChI=1S/C30H26O2/c1-21(23-13-17-25(31-3)18-14-23)27-9-5-7-11-29(27)30-12-8-6-10-28(30)22(2)24-15-19-26(32-4)20-16-24/h5-20H,1-2H2,3-4H3. The van der Waals surface area contributed by atoms with E-state index in [2.05, 4.69) is 61.7 Å². The second-order valence-corrected chi connectivity index (χ2v) is 7.51. The van der Waals surface area contributed by atoms with Gasteiger partial charge in [-0.05, 0) is 68.8 Å². The van der Waals surface area contributed by atoms with Gasteiger partial charge in [0.05, 0.1) is 14.2 Å². The molecule has 0 N–H and O–H groups in total. The van der Waals surface area contributed by atoms with Crippen LogP contribution in [-0.2, 0) is 0 Å². The van der Waals surface area contributed by atoms with Crippen molar-refractivity contribution in [2.45, 2.75) is 0 Å². The highest BCUT2D eigenvalue weighted by Gasteiger charge is 2.15. The van der Waals surface area contributed by atoms with Crippen molar-refractivity contribution in [2.75, 3.05) is 14.2 Å². The average molecular weight is 419 g/mol. The summed E-state index contributed by atoms with van der Waals surface area (Å²) in [6, 6.07) is 32.8. The van der Waals surface area contributed by atoms with Crippen molar-refractivity contribution in [1.82, 2.24) is 0 Å². The molecule has 0 saturated carbocycles. The zero-order chi connectivity index (χ0) is 22.5. The van der Waals surface area contributed by atoms with Crippen LogP contribution in [0.1, 0.15) is 22.3 Å². The maximum atomic E-state index is 5.30. The normalized spacial score (nSPS) is 10.4. The average Bonchev–Trinajstić information content (AvgIpc) is 2.88. The largest absolute Gasteiger partial charge is 0.497 e. The van der Waals surface area contributed by atoms with Crippen molar-refractivity contribution >= 4 is 11.1 Å². The van der Waals surface area contributed by atoms with Gasteiger partial charge in [-0.1, -0.05) is 86.0 Å². The predicted octanol–water partition coefficient (Wildman–Crippen LogP) is 7.49. The molecular weight excluding hydrogens is 392 g/mol. The molecule has 0 aliphatic heterocycles. The lowest BCUT2D eigenvalue weighted by molar-refractivity contribution is 0.414. The van der Waals surface area contributed by atoms with Crippen LogP contribution < -0.4 is 9.47 Å². The Balaban J connectivity index is 1.77. The number of ether oxygens (including phenoxy) is 2. The molecule has 0 spiro atoms. The van der Waals surface area contributed by atoms with E-state index in [1.165, 1.54) is 0 Å².